The summed E-state index contributed by atoms with van der Waals surface area (Å²) in [4.78, 5) is 30.9. The topological polar surface area (TPSA) is 81.3 Å². The average molecular weight is 492 g/mol. The minimum atomic E-state index is -0.336. The Kier molecular flexibility index (Phi) is 6.76. The Balaban J connectivity index is 0.00000259. The zero-order valence-electron chi connectivity index (χ0n) is 18.2. The molecule has 4 atom stereocenters. The Hall–Kier alpha value is -2.09. The van der Waals surface area contributed by atoms with Gasteiger partial charge in [-0.3, -0.25) is 19.6 Å². The molecule has 1 aliphatic carbocycles. The van der Waals surface area contributed by atoms with Crippen LogP contribution in [-0.2, 0) is 11.2 Å². The van der Waals surface area contributed by atoms with E-state index in [0.29, 0.717) is 33.9 Å². The highest BCUT2D eigenvalue weighted by molar-refractivity contribution is 6.35. The lowest BCUT2D eigenvalue weighted by Crippen LogP contribution is -2.58. The largest absolute Gasteiger partial charge is 0.337 e. The summed E-state index contributed by atoms with van der Waals surface area (Å²) < 4.78 is 0. The lowest BCUT2D eigenvalue weighted by molar-refractivity contribution is -0.141. The van der Waals surface area contributed by atoms with E-state index in [2.05, 4.69) is 39.2 Å². The van der Waals surface area contributed by atoms with Crippen LogP contribution < -0.4 is 5.32 Å². The number of amides is 2. The van der Waals surface area contributed by atoms with Crippen molar-refractivity contribution in [3.63, 3.8) is 0 Å². The van der Waals surface area contributed by atoms with Gasteiger partial charge in [-0.2, -0.15) is 5.10 Å². The van der Waals surface area contributed by atoms with Gasteiger partial charge in [-0.1, -0.05) is 37.6 Å². The smallest absolute Gasteiger partial charge is 0.256 e. The summed E-state index contributed by atoms with van der Waals surface area (Å²) in [5.74, 6) is 0.213. The van der Waals surface area contributed by atoms with Crippen LogP contribution in [0.5, 0.6) is 0 Å². The van der Waals surface area contributed by atoms with E-state index < -0.39 is 0 Å². The van der Waals surface area contributed by atoms with Gasteiger partial charge in [0.2, 0.25) is 5.91 Å². The Labute approximate surface area is 204 Å². The minimum Gasteiger partial charge on any atom is -0.337 e. The number of nitrogens with zero attached hydrogens (tertiary/aromatic N) is 3. The zero-order chi connectivity index (χ0) is 22.6. The van der Waals surface area contributed by atoms with Crippen molar-refractivity contribution in [3.8, 4) is 0 Å². The van der Waals surface area contributed by atoms with E-state index in [4.69, 9.17) is 23.2 Å². The second-order valence-electron chi connectivity index (χ2n) is 9.31. The molecule has 3 heterocycles. The average Bonchev–Trinajstić information content (AvgIpc) is 3.43. The van der Waals surface area contributed by atoms with Gasteiger partial charge in [-0.15, -0.1) is 0 Å². The van der Waals surface area contributed by atoms with E-state index in [-0.39, 0.29) is 37.1 Å². The van der Waals surface area contributed by atoms with Crippen LogP contribution in [0.25, 0.3) is 0 Å². The van der Waals surface area contributed by atoms with Crippen molar-refractivity contribution in [1.29, 1.82) is 0 Å². The molecule has 2 aliphatic heterocycles. The van der Waals surface area contributed by atoms with Gasteiger partial charge in [0.15, 0.2) is 5.82 Å². The number of fused-ring (bicyclic) bond motifs is 2. The summed E-state index contributed by atoms with van der Waals surface area (Å²) in [5, 5.41) is 11.0. The van der Waals surface area contributed by atoms with Crippen LogP contribution in [0.15, 0.2) is 18.2 Å². The summed E-state index contributed by atoms with van der Waals surface area (Å²) >= 11 is 12.1. The summed E-state index contributed by atoms with van der Waals surface area (Å²) in [6.45, 7) is 7.12. The Morgan fingerprint density at radius 3 is 2.61 bits per heavy atom. The van der Waals surface area contributed by atoms with E-state index in [0.717, 1.165) is 30.9 Å². The molecule has 5 rings (SSSR count). The Morgan fingerprint density at radius 2 is 1.88 bits per heavy atom. The fourth-order valence-corrected chi connectivity index (χ4v) is 6.06. The first-order chi connectivity index (χ1) is 15.3. The second-order valence-corrected chi connectivity index (χ2v) is 10.2. The van der Waals surface area contributed by atoms with Crippen molar-refractivity contribution < 1.29 is 9.59 Å². The number of hydrogen-bond acceptors (Lipinski definition) is 4. The molecule has 0 spiro atoms. The molecule has 33 heavy (non-hydrogen) atoms. The minimum absolute atomic E-state index is 0. The highest BCUT2D eigenvalue weighted by Crippen LogP contribution is 2.41. The van der Waals surface area contributed by atoms with E-state index >= 15 is 0 Å². The lowest BCUT2D eigenvalue weighted by Gasteiger charge is -2.43. The third kappa shape index (κ3) is 4.38. The van der Waals surface area contributed by atoms with Crippen molar-refractivity contribution in [1.82, 2.24) is 20.0 Å². The molecule has 2 unspecified atom stereocenters. The number of piperazine rings is 1. The first-order valence-electron chi connectivity index (χ1n) is 11.2. The van der Waals surface area contributed by atoms with Gasteiger partial charge >= 0.3 is 0 Å². The maximum absolute atomic E-state index is 13.6. The number of H-pyrrole nitrogens is 1. The van der Waals surface area contributed by atoms with Crippen LogP contribution in [0.3, 0.4) is 0 Å². The van der Waals surface area contributed by atoms with Crippen molar-refractivity contribution in [3.05, 3.63) is 45.1 Å². The Bertz CT molecular complexity index is 1050. The molecule has 0 radical (unpaired) electrons. The predicted octanol–water partition coefficient (Wildman–Crippen LogP) is 4.58. The van der Waals surface area contributed by atoms with Gasteiger partial charge in [0, 0.05) is 58.0 Å². The van der Waals surface area contributed by atoms with Crippen molar-refractivity contribution in [2.45, 2.75) is 58.5 Å². The summed E-state index contributed by atoms with van der Waals surface area (Å²) in [6, 6.07) is 5.42. The van der Waals surface area contributed by atoms with Crippen LogP contribution in [0.1, 0.15) is 61.6 Å². The number of halogens is 2. The number of rotatable bonds is 3. The number of hydrogen-bond donors (Lipinski definition) is 2. The van der Waals surface area contributed by atoms with Gasteiger partial charge in [-0.05, 0) is 50.9 Å². The maximum Gasteiger partial charge on any atom is 0.256 e. The molecule has 2 N–H and O–H groups in total. The number of carbonyl (C=O) groups excluding carboxylic acids is 2. The van der Waals surface area contributed by atoms with Crippen LogP contribution in [0.4, 0.5) is 5.82 Å². The standard InChI is InChI=1S/C23H27Cl2N5O2.CH4/c1-12-10-29-5-3-4-17(29)11-30(12)23(32)18-9-19-20(13(18)2)27-28-21(19)26-22(31)14-6-15(24)8-16(25)7-14;/h6-8,12-13,17-18H,3-5,9-11H2,1-2H3,(H2,26,27,28,31);1H4/t12-,13?,17-,18?;/m0./s1. The summed E-state index contributed by atoms with van der Waals surface area (Å²) in [5.41, 5.74) is 2.19. The van der Waals surface area contributed by atoms with Gasteiger partial charge in [0.05, 0.1) is 5.92 Å². The molecular weight excluding hydrogens is 461 g/mol. The van der Waals surface area contributed by atoms with E-state index in [9.17, 15) is 9.59 Å². The lowest BCUT2D eigenvalue weighted by atomic mass is 9.93. The molecule has 2 amide bonds. The second kappa shape index (κ2) is 9.28. The van der Waals surface area contributed by atoms with Gasteiger partial charge in [0.1, 0.15) is 0 Å². The van der Waals surface area contributed by atoms with Crippen LogP contribution in [0.2, 0.25) is 10.0 Å². The zero-order valence-corrected chi connectivity index (χ0v) is 19.7. The van der Waals surface area contributed by atoms with Gasteiger partial charge in [0.25, 0.3) is 5.91 Å². The molecule has 2 fully saturated rings. The van der Waals surface area contributed by atoms with E-state index in [1.54, 1.807) is 18.2 Å². The molecule has 2 saturated heterocycles. The quantitative estimate of drug-likeness (QED) is 0.658. The summed E-state index contributed by atoms with van der Waals surface area (Å²) in [6.07, 6.45) is 2.95. The van der Waals surface area contributed by atoms with Crippen LogP contribution in [-0.4, -0.2) is 63.5 Å². The number of aromatic amines is 1. The first-order valence-corrected chi connectivity index (χ1v) is 12.0. The molecule has 9 heteroatoms. The molecule has 3 aliphatic rings. The van der Waals surface area contributed by atoms with Crippen LogP contribution >= 0.6 is 23.2 Å². The Morgan fingerprint density at radius 1 is 1.15 bits per heavy atom. The molecule has 1 aromatic carbocycles. The molecule has 7 nitrogen and oxygen atoms in total. The van der Waals surface area contributed by atoms with Crippen molar-refractivity contribution >= 4 is 40.8 Å². The molecule has 0 bridgehead atoms. The number of benzene rings is 1. The fraction of sp³-hybridized carbons (Fsp3) is 0.542. The maximum atomic E-state index is 13.6. The van der Waals surface area contributed by atoms with Gasteiger partial charge in [-0.25, -0.2) is 0 Å². The van der Waals surface area contributed by atoms with Crippen LogP contribution in [0, 0.1) is 5.92 Å². The fourth-order valence-electron chi connectivity index (χ4n) is 5.54. The van der Waals surface area contributed by atoms with Gasteiger partial charge < -0.3 is 10.2 Å². The molecule has 178 valence electrons. The normalized spacial score (nSPS) is 26.5. The highest BCUT2D eigenvalue weighted by atomic mass is 35.5. The monoisotopic (exact) mass is 491 g/mol. The third-order valence-corrected chi connectivity index (χ3v) is 7.71. The predicted molar refractivity (Wildman–Crippen MR) is 131 cm³/mol. The number of carbonyl (C=O) groups is 2. The number of anilines is 1. The van der Waals surface area contributed by atoms with E-state index in [1.807, 2.05) is 0 Å². The third-order valence-electron chi connectivity index (χ3n) is 7.28. The molecule has 2 aromatic rings. The molecule has 0 saturated carbocycles. The molecular formula is C24H31Cl2N5O2. The first kappa shape index (κ1) is 24.0. The van der Waals surface area contributed by atoms with E-state index in [1.165, 1.54) is 12.8 Å². The number of aromatic nitrogens is 2. The number of nitrogens with one attached hydrogen (secondary N) is 2. The summed E-state index contributed by atoms with van der Waals surface area (Å²) in [7, 11) is 0. The molecule has 1 aromatic heterocycles. The highest BCUT2D eigenvalue weighted by Gasteiger charge is 2.44. The SMILES string of the molecule is C.CC1c2[nH]nc(NC(=O)c3cc(Cl)cc(Cl)c3)c2CC1C(=O)N1C[C@@H]2CCCN2C[C@@H]1C. The van der Waals surface area contributed by atoms with Crippen molar-refractivity contribution in [2.24, 2.45) is 5.92 Å². The van der Waals surface area contributed by atoms with Crippen molar-refractivity contribution in [2.75, 3.05) is 25.0 Å².